The molecule has 186 valence electrons. The van der Waals surface area contributed by atoms with E-state index < -0.39 is 27.4 Å². The fourth-order valence-electron chi connectivity index (χ4n) is 3.15. The van der Waals surface area contributed by atoms with Gasteiger partial charge in [0, 0.05) is 23.4 Å². The fourth-order valence-corrected chi connectivity index (χ4v) is 4.00. The molecule has 2 amide bonds. The molecule has 0 heterocycles. The molecule has 0 radical (unpaired) electrons. The highest BCUT2D eigenvalue weighted by Crippen LogP contribution is 2.23. The minimum absolute atomic E-state index is 0.0237. The Kier molecular flexibility index (Phi) is 8.12. The lowest BCUT2D eigenvalue weighted by atomic mass is 10.1. The van der Waals surface area contributed by atoms with Gasteiger partial charge >= 0.3 is 0 Å². The van der Waals surface area contributed by atoms with Gasteiger partial charge in [-0.2, -0.15) is 5.10 Å². The molecule has 0 aliphatic heterocycles. The Bertz CT molecular complexity index is 1420. The fraction of sp³-hybridized carbons (Fsp3) is 0.125. The highest BCUT2D eigenvalue weighted by molar-refractivity contribution is 7.92. The number of sulfonamides is 1. The number of nitrogens with one attached hydrogen (secondary N) is 2. The molecular formula is C24H23N5O6S. The highest BCUT2D eigenvalue weighted by Gasteiger charge is 2.22. The number of amides is 2. The number of nitro groups is 1. The van der Waals surface area contributed by atoms with Gasteiger partial charge in [0.15, 0.2) is 0 Å². The van der Waals surface area contributed by atoms with Gasteiger partial charge in [-0.05, 0) is 42.8 Å². The monoisotopic (exact) mass is 509 g/mol. The molecule has 0 aliphatic rings. The summed E-state index contributed by atoms with van der Waals surface area (Å²) in [7, 11) is -3.93. The first-order chi connectivity index (χ1) is 17.0. The Hall–Kier alpha value is -4.58. The first kappa shape index (κ1) is 26.0. The van der Waals surface area contributed by atoms with E-state index in [1.807, 2.05) is 6.07 Å². The van der Waals surface area contributed by atoms with E-state index in [4.69, 9.17) is 0 Å². The van der Waals surface area contributed by atoms with Gasteiger partial charge in [0.1, 0.15) is 6.54 Å². The lowest BCUT2D eigenvalue weighted by Crippen LogP contribution is -2.39. The van der Waals surface area contributed by atoms with Crippen LogP contribution in [0.25, 0.3) is 0 Å². The summed E-state index contributed by atoms with van der Waals surface area (Å²) in [5, 5.41) is 17.8. The number of hydrogen-bond acceptors (Lipinski definition) is 7. The van der Waals surface area contributed by atoms with Gasteiger partial charge in [-0.15, -0.1) is 0 Å². The SMILES string of the molecule is C/C(=N/NC(=O)CN(c1cccc([N+](=O)[O-])c1)S(C)(=O)=O)c1cccc(NC(=O)c2ccccc2)c1. The summed E-state index contributed by atoms with van der Waals surface area (Å²) in [4.78, 5) is 35.2. The molecule has 36 heavy (non-hydrogen) atoms. The smallest absolute Gasteiger partial charge is 0.271 e. The molecule has 12 heteroatoms. The predicted octanol–water partition coefficient (Wildman–Crippen LogP) is 3.15. The van der Waals surface area contributed by atoms with Crippen molar-refractivity contribution in [2.24, 2.45) is 5.10 Å². The van der Waals surface area contributed by atoms with Gasteiger partial charge in [-0.1, -0.05) is 36.4 Å². The molecule has 0 atom stereocenters. The van der Waals surface area contributed by atoms with Crippen molar-refractivity contribution in [1.82, 2.24) is 5.43 Å². The third kappa shape index (κ3) is 6.96. The van der Waals surface area contributed by atoms with Crippen LogP contribution in [-0.4, -0.2) is 43.7 Å². The number of non-ortho nitro benzene ring substituents is 1. The van der Waals surface area contributed by atoms with Crippen molar-refractivity contribution in [3.05, 3.63) is 100 Å². The molecule has 3 aromatic carbocycles. The zero-order chi connectivity index (χ0) is 26.3. The summed E-state index contributed by atoms with van der Waals surface area (Å²) in [5.74, 6) is -1.03. The van der Waals surface area contributed by atoms with Gasteiger partial charge < -0.3 is 5.32 Å². The van der Waals surface area contributed by atoms with Crippen molar-refractivity contribution in [3.8, 4) is 0 Å². The number of nitro benzene ring substituents is 1. The third-order valence-corrected chi connectivity index (χ3v) is 6.08. The number of hydrogen-bond donors (Lipinski definition) is 2. The van der Waals surface area contributed by atoms with E-state index in [0.717, 1.165) is 16.6 Å². The largest absolute Gasteiger partial charge is 0.322 e. The number of nitrogens with zero attached hydrogens (tertiary/aromatic N) is 3. The van der Waals surface area contributed by atoms with E-state index in [0.29, 0.717) is 22.5 Å². The third-order valence-electron chi connectivity index (χ3n) is 4.94. The van der Waals surface area contributed by atoms with Crippen LogP contribution < -0.4 is 15.0 Å². The second-order valence-electron chi connectivity index (χ2n) is 7.68. The Morgan fingerprint density at radius 2 is 1.64 bits per heavy atom. The summed E-state index contributed by atoms with van der Waals surface area (Å²) < 4.78 is 25.2. The molecule has 0 saturated carbocycles. The number of rotatable bonds is 9. The summed E-state index contributed by atoms with van der Waals surface area (Å²) >= 11 is 0. The standard InChI is InChI=1S/C24H23N5O6S/c1-17(19-10-6-11-20(14-19)25-24(31)18-8-4-3-5-9-18)26-27-23(30)16-28(36(2,34)35)21-12-7-13-22(15-21)29(32)33/h3-15H,16H2,1-2H3,(H,25,31)(H,27,30)/b26-17-. The van der Waals surface area contributed by atoms with Crippen LogP contribution in [0.15, 0.2) is 84.0 Å². The van der Waals surface area contributed by atoms with Crippen LogP contribution in [0.3, 0.4) is 0 Å². The van der Waals surface area contributed by atoms with Crippen molar-refractivity contribution in [1.29, 1.82) is 0 Å². The van der Waals surface area contributed by atoms with Crippen LogP contribution >= 0.6 is 0 Å². The van der Waals surface area contributed by atoms with E-state index in [1.54, 1.807) is 55.5 Å². The molecular weight excluding hydrogens is 486 g/mol. The van der Waals surface area contributed by atoms with Gasteiger partial charge in [0.2, 0.25) is 10.0 Å². The molecule has 0 aliphatic carbocycles. The van der Waals surface area contributed by atoms with E-state index >= 15 is 0 Å². The second-order valence-corrected chi connectivity index (χ2v) is 9.59. The number of hydrazone groups is 1. The predicted molar refractivity (Wildman–Crippen MR) is 136 cm³/mol. The number of benzene rings is 3. The van der Waals surface area contributed by atoms with Crippen molar-refractivity contribution in [2.45, 2.75) is 6.92 Å². The minimum atomic E-state index is -3.93. The van der Waals surface area contributed by atoms with Crippen LogP contribution in [-0.2, 0) is 14.8 Å². The summed E-state index contributed by atoms with van der Waals surface area (Å²) in [5.41, 5.74) is 4.00. The van der Waals surface area contributed by atoms with Gasteiger partial charge in [0.05, 0.1) is 22.6 Å². The average Bonchev–Trinajstić information content (AvgIpc) is 2.85. The van der Waals surface area contributed by atoms with Crippen LogP contribution in [0, 0.1) is 10.1 Å². The lowest BCUT2D eigenvalue weighted by molar-refractivity contribution is -0.384. The number of anilines is 2. The Labute approximate surface area is 207 Å². The minimum Gasteiger partial charge on any atom is -0.322 e. The van der Waals surface area contributed by atoms with E-state index in [-0.39, 0.29) is 17.3 Å². The summed E-state index contributed by atoms with van der Waals surface area (Å²) in [6, 6.07) is 20.5. The molecule has 2 N–H and O–H groups in total. The molecule has 0 unspecified atom stereocenters. The Morgan fingerprint density at radius 1 is 0.972 bits per heavy atom. The molecule has 3 aromatic rings. The van der Waals surface area contributed by atoms with Crippen molar-refractivity contribution < 1.29 is 22.9 Å². The van der Waals surface area contributed by atoms with Crippen LogP contribution in [0.2, 0.25) is 0 Å². The quantitative estimate of drug-likeness (QED) is 0.257. The van der Waals surface area contributed by atoms with Crippen molar-refractivity contribution >= 4 is 44.6 Å². The molecule has 11 nitrogen and oxygen atoms in total. The molecule has 3 rings (SSSR count). The summed E-state index contributed by atoms with van der Waals surface area (Å²) in [6.07, 6.45) is 0.892. The van der Waals surface area contributed by atoms with Crippen LogP contribution in [0.4, 0.5) is 17.1 Å². The molecule has 0 bridgehead atoms. The van der Waals surface area contributed by atoms with Gasteiger partial charge in [-0.25, -0.2) is 13.8 Å². The normalized spacial score (nSPS) is 11.4. The zero-order valence-electron chi connectivity index (χ0n) is 19.4. The maximum absolute atomic E-state index is 12.5. The van der Waals surface area contributed by atoms with E-state index in [1.165, 1.54) is 18.2 Å². The van der Waals surface area contributed by atoms with Gasteiger partial charge in [-0.3, -0.25) is 24.0 Å². The molecule has 0 saturated heterocycles. The second kappa shape index (κ2) is 11.2. The van der Waals surface area contributed by atoms with E-state index in [9.17, 15) is 28.1 Å². The maximum atomic E-state index is 12.5. The highest BCUT2D eigenvalue weighted by atomic mass is 32.2. The molecule has 0 fully saturated rings. The first-order valence-electron chi connectivity index (χ1n) is 10.6. The lowest BCUT2D eigenvalue weighted by Gasteiger charge is -2.21. The zero-order valence-corrected chi connectivity index (χ0v) is 20.2. The molecule has 0 spiro atoms. The Balaban J connectivity index is 1.71. The topological polar surface area (TPSA) is 151 Å². The Morgan fingerprint density at radius 3 is 2.31 bits per heavy atom. The average molecular weight is 510 g/mol. The van der Waals surface area contributed by atoms with Crippen LogP contribution in [0.5, 0.6) is 0 Å². The van der Waals surface area contributed by atoms with Crippen molar-refractivity contribution in [3.63, 3.8) is 0 Å². The molecule has 0 aromatic heterocycles. The number of carbonyl (C=O) groups excluding carboxylic acids is 2. The van der Waals surface area contributed by atoms with Gasteiger partial charge in [0.25, 0.3) is 17.5 Å². The van der Waals surface area contributed by atoms with Crippen molar-refractivity contribution in [2.75, 3.05) is 22.4 Å². The summed E-state index contributed by atoms with van der Waals surface area (Å²) in [6.45, 7) is 0.997. The van der Waals surface area contributed by atoms with Crippen LogP contribution in [0.1, 0.15) is 22.8 Å². The van der Waals surface area contributed by atoms with E-state index in [2.05, 4.69) is 15.8 Å². The number of carbonyl (C=O) groups is 2. The maximum Gasteiger partial charge on any atom is 0.271 e. The first-order valence-corrected chi connectivity index (χ1v) is 12.4.